The van der Waals surface area contributed by atoms with Crippen molar-refractivity contribution < 1.29 is 14.6 Å². The lowest BCUT2D eigenvalue weighted by Gasteiger charge is -2.01. The number of rotatable bonds is 2. The minimum atomic E-state index is -0.392. The van der Waals surface area contributed by atoms with Gasteiger partial charge in [-0.15, -0.1) is 0 Å². The molecular weight excluding hydrogens is 216 g/mol. The van der Waals surface area contributed by atoms with Gasteiger partial charge in [-0.05, 0) is 42.5 Å². The van der Waals surface area contributed by atoms with Gasteiger partial charge in [0.05, 0.1) is 12.7 Å². The maximum atomic E-state index is 11.7. The van der Waals surface area contributed by atoms with Crippen molar-refractivity contribution in [3.05, 3.63) is 40.8 Å². The van der Waals surface area contributed by atoms with E-state index in [0.717, 1.165) is 10.4 Å². The number of methoxy groups -OCH3 is 1. The van der Waals surface area contributed by atoms with Gasteiger partial charge in [-0.3, -0.25) is 0 Å². The zero-order valence-electron chi connectivity index (χ0n) is 10.2. The summed E-state index contributed by atoms with van der Waals surface area (Å²) in [7, 11) is 1.35. The lowest BCUT2D eigenvalue weighted by atomic mass is 10.1. The molecule has 0 spiro atoms. The van der Waals surface area contributed by atoms with Gasteiger partial charge in [-0.1, -0.05) is 18.2 Å². The summed E-state index contributed by atoms with van der Waals surface area (Å²) in [6, 6.07) is 4.87. The summed E-state index contributed by atoms with van der Waals surface area (Å²) in [5.41, 5.74) is 0.475. The first-order valence-corrected chi connectivity index (χ1v) is 5.34. The molecule has 0 unspecified atom stereocenters. The summed E-state index contributed by atoms with van der Waals surface area (Å²) in [6.45, 7) is 3.68. The highest BCUT2D eigenvalue weighted by atomic mass is 16.5. The SMILES string of the molecule is C\C=C/C(C(=O)OC)=c1/ccc(O)c/c1=C/C. The Labute approximate surface area is 100 Å². The molecule has 17 heavy (non-hydrogen) atoms. The molecule has 0 aromatic heterocycles. The molecule has 0 amide bonds. The monoisotopic (exact) mass is 232 g/mol. The first kappa shape index (κ1) is 13.0. The van der Waals surface area contributed by atoms with E-state index in [9.17, 15) is 9.90 Å². The number of allylic oxidation sites excluding steroid dienone is 1. The van der Waals surface area contributed by atoms with Crippen LogP contribution in [0.2, 0.25) is 0 Å². The van der Waals surface area contributed by atoms with Crippen LogP contribution in [0.25, 0.3) is 11.6 Å². The Bertz CT molecular complexity index is 553. The van der Waals surface area contributed by atoms with E-state index >= 15 is 0 Å². The van der Waals surface area contributed by atoms with Crippen molar-refractivity contribution in [3.63, 3.8) is 0 Å². The Balaban J connectivity index is 3.70. The molecule has 90 valence electrons. The van der Waals surface area contributed by atoms with E-state index in [4.69, 9.17) is 4.74 Å². The predicted octanol–water partition coefficient (Wildman–Crippen LogP) is 1.09. The molecule has 3 heteroatoms. The van der Waals surface area contributed by atoms with Crippen LogP contribution in [0.4, 0.5) is 0 Å². The first-order valence-electron chi connectivity index (χ1n) is 5.34. The van der Waals surface area contributed by atoms with Crippen molar-refractivity contribution in [1.29, 1.82) is 0 Å². The lowest BCUT2D eigenvalue weighted by molar-refractivity contribution is -0.133. The second-order valence-electron chi connectivity index (χ2n) is 3.47. The topological polar surface area (TPSA) is 46.5 Å². The number of aromatic hydroxyl groups is 1. The molecule has 1 aromatic rings. The van der Waals surface area contributed by atoms with Crippen LogP contribution < -0.4 is 10.4 Å². The molecule has 0 saturated carbocycles. The number of benzene rings is 1. The number of hydrogen-bond acceptors (Lipinski definition) is 3. The molecule has 1 N–H and O–H groups in total. The fourth-order valence-electron chi connectivity index (χ4n) is 1.58. The Morgan fingerprint density at radius 3 is 2.59 bits per heavy atom. The van der Waals surface area contributed by atoms with E-state index in [0.29, 0.717) is 5.57 Å². The fourth-order valence-corrected chi connectivity index (χ4v) is 1.58. The van der Waals surface area contributed by atoms with Crippen LogP contribution in [-0.4, -0.2) is 18.2 Å². The number of phenols is 1. The first-order chi connectivity index (χ1) is 8.13. The van der Waals surface area contributed by atoms with E-state index in [1.54, 1.807) is 30.4 Å². The molecule has 0 atom stereocenters. The van der Waals surface area contributed by atoms with Gasteiger partial charge in [-0.25, -0.2) is 4.79 Å². The van der Waals surface area contributed by atoms with Crippen LogP contribution in [-0.2, 0) is 9.53 Å². The third-order valence-electron chi connectivity index (χ3n) is 2.37. The number of carbonyl (C=O) groups is 1. The number of carbonyl (C=O) groups excluding carboxylic acids is 1. The highest BCUT2D eigenvalue weighted by Gasteiger charge is 2.07. The zero-order chi connectivity index (χ0) is 12.8. The van der Waals surface area contributed by atoms with E-state index in [2.05, 4.69) is 0 Å². The third-order valence-corrected chi connectivity index (χ3v) is 2.37. The molecule has 1 rings (SSSR count). The number of ether oxygens (including phenoxy) is 1. The molecule has 0 aliphatic heterocycles. The molecule has 0 saturated heterocycles. The normalized spacial score (nSPS) is 13.9. The van der Waals surface area contributed by atoms with E-state index in [1.165, 1.54) is 7.11 Å². The largest absolute Gasteiger partial charge is 0.508 e. The molecule has 0 aliphatic carbocycles. The minimum absolute atomic E-state index is 0.173. The Morgan fingerprint density at radius 1 is 1.35 bits per heavy atom. The van der Waals surface area contributed by atoms with Gasteiger partial charge in [0.25, 0.3) is 0 Å². The smallest absolute Gasteiger partial charge is 0.338 e. The Morgan fingerprint density at radius 2 is 2.06 bits per heavy atom. The summed E-state index contributed by atoms with van der Waals surface area (Å²) in [6.07, 6.45) is 5.31. The van der Waals surface area contributed by atoms with Crippen molar-refractivity contribution in [2.45, 2.75) is 13.8 Å². The van der Waals surface area contributed by atoms with Gasteiger partial charge < -0.3 is 9.84 Å². The molecule has 0 bridgehead atoms. The van der Waals surface area contributed by atoms with Crippen LogP contribution in [0.3, 0.4) is 0 Å². The summed E-state index contributed by atoms with van der Waals surface area (Å²) < 4.78 is 4.75. The summed E-state index contributed by atoms with van der Waals surface area (Å²) >= 11 is 0. The Kier molecular flexibility index (Phi) is 4.52. The molecule has 0 aliphatic rings. The molecular formula is C14H16O3. The van der Waals surface area contributed by atoms with Gasteiger partial charge in [0, 0.05) is 0 Å². The van der Waals surface area contributed by atoms with Gasteiger partial charge in [0.1, 0.15) is 5.75 Å². The van der Waals surface area contributed by atoms with E-state index in [1.807, 2.05) is 19.9 Å². The minimum Gasteiger partial charge on any atom is -0.508 e. The van der Waals surface area contributed by atoms with Crippen LogP contribution >= 0.6 is 0 Å². The summed E-state index contributed by atoms with van der Waals surface area (Å²) in [4.78, 5) is 11.7. The highest BCUT2D eigenvalue weighted by Crippen LogP contribution is 2.02. The average Bonchev–Trinajstić information content (AvgIpc) is 2.35. The molecule has 0 heterocycles. The number of phenolic OH excluding ortho intramolecular Hbond substituents is 1. The molecule has 0 radical (unpaired) electrons. The van der Waals surface area contributed by atoms with Crippen molar-refractivity contribution in [3.8, 4) is 5.75 Å². The van der Waals surface area contributed by atoms with Gasteiger partial charge >= 0.3 is 5.97 Å². The van der Waals surface area contributed by atoms with E-state index in [-0.39, 0.29) is 5.75 Å². The van der Waals surface area contributed by atoms with Gasteiger partial charge in [0.2, 0.25) is 0 Å². The summed E-state index contributed by atoms with van der Waals surface area (Å²) in [5, 5.41) is 11.0. The van der Waals surface area contributed by atoms with Crippen molar-refractivity contribution in [2.24, 2.45) is 0 Å². The van der Waals surface area contributed by atoms with Crippen molar-refractivity contribution >= 4 is 17.6 Å². The Hall–Kier alpha value is -2.03. The van der Waals surface area contributed by atoms with Crippen molar-refractivity contribution in [2.75, 3.05) is 7.11 Å². The molecule has 3 nitrogen and oxygen atoms in total. The molecule has 1 aromatic carbocycles. The van der Waals surface area contributed by atoms with Crippen LogP contribution in [0.1, 0.15) is 13.8 Å². The zero-order valence-corrected chi connectivity index (χ0v) is 10.2. The van der Waals surface area contributed by atoms with Crippen LogP contribution in [0.5, 0.6) is 5.75 Å². The maximum absolute atomic E-state index is 11.7. The molecule has 0 fully saturated rings. The lowest BCUT2D eigenvalue weighted by Crippen LogP contribution is -2.28. The second kappa shape index (κ2) is 5.89. The van der Waals surface area contributed by atoms with Gasteiger partial charge in [-0.2, -0.15) is 0 Å². The number of hydrogen-bond donors (Lipinski definition) is 1. The second-order valence-corrected chi connectivity index (χ2v) is 3.47. The third kappa shape index (κ3) is 2.97. The quantitative estimate of drug-likeness (QED) is 0.776. The maximum Gasteiger partial charge on any atom is 0.338 e. The predicted molar refractivity (Wildman–Crippen MR) is 67.7 cm³/mol. The highest BCUT2D eigenvalue weighted by molar-refractivity contribution is 6.13. The van der Waals surface area contributed by atoms with Crippen molar-refractivity contribution in [1.82, 2.24) is 0 Å². The standard InChI is InChI=1S/C14H16O3/c1-4-6-13(14(16)17-3)12-8-7-11(15)9-10(12)5-2/h4-9,15H,1-3H3/b6-4-,10-5-,13-12+. The average molecular weight is 232 g/mol. The van der Waals surface area contributed by atoms with Crippen LogP contribution in [0, 0.1) is 0 Å². The van der Waals surface area contributed by atoms with Gasteiger partial charge in [0.15, 0.2) is 0 Å². The van der Waals surface area contributed by atoms with Crippen LogP contribution in [0.15, 0.2) is 30.4 Å². The summed E-state index contributed by atoms with van der Waals surface area (Å²) in [5.74, 6) is -0.219. The van der Waals surface area contributed by atoms with E-state index < -0.39 is 5.97 Å². The fraction of sp³-hybridized carbons (Fsp3) is 0.214. The number of esters is 1.